The Balaban J connectivity index is 2.53. The summed E-state index contributed by atoms with van der Waals surface area (Å²) in [5.41, 5.74) is 2.04. The molecule has 0 atom stereocenters. The summed E-state index contributed by atoms with van der Waals surface area (Å²) < 4.78 is 1.30. The number of rotatable bonds is 3. The Bertz CT molecular complexity index is 703. The number of carboxylic acids is 1. The molecule has 1 aromatic carbocycles. The Labute approximate surface area is 122 Å². The van der Waals surface area contributed by atoms with Crippen molar-refractivity contribution in [3.05, 3.63) is 35.5 Å². The average Bonchev–Trinajstić information content (AvgIpc) is 2.82. The number of carboxylic acid groups (broad SMARTS) is 1. The molecule has 1 heterocycles. The van der Waals surface area contributed by atoms with Crippen LogP contribution in [0.25, 0.3) is 11.3 Å². The van der Waals surface area contributed by atoms with E-state index in [1.54, 1.807) is 0 Å². The summed E-state index contributed by atoms with van der Waals surface area (Å²) in [7, 11) is 0. The molecule has 0 fully saturated rings. The average molecular weight is 284 g/mol. The highest BCUT2D eigenvalue weighted by Gasteiger charge is 2.21. The van der Waals surface area contributed by atoms with Gasteiger partial charge in [-0.2, -0.15) is 5.26 Å². The van der Waals surface area contributed by atoms with Crippen LogP contribution < -0.4 is 0 Å². The number of carbonyl (C=O) groups is 1. The third kappa shape index (κ3) is 2.92. The predicted octanol–water partition coefficient (Wildman–Crippen LogP) is 2.46. The van der Waals surface area contributed by atoms with E-state index in [9.17, 15) is 9.90 Å². The lowest BCUT2D eigenvalue weighted by atomic mass is 9.86. The largest absolute Gasteiger partial charge is 0.476 e. The first-order valence-corrected chi connectivity index (χ1v) is 6.49. The summed E-state index contributed by atoms with van der Waals surface area (Å²) >= 11 is 0. The summed E-state index contributed by atoms with van der Waals surface area (Å²) in [6.45, 7) is 6.27. The first-order valence-electron chi connectivity index (χ1n) is 6.49. The van der Waals surface area contributed by atoms with Gasteiger partial charge >= 0.3 is 5.97 Å². The Morgan fingerprint density at radius 2 is 1.95 bits per heavy atom. The first-order chi connectivity index (χ1) is 9.84. The minimum atomic E-state index is -1.16. The van der Waals surface area contributed by atoms with E-state index < -0.39 is 5.97 Å². The molecule has 0 aliphatic heterocycles. The standard InChI is InChI=1S/C15H16N4O2/c1-15(2,3)11-6-4-10(5-7-11)13-12(14(20)21)17-18-19(13)9-8-16/h4-7H,9H2,1-3H3,(H,20,21). The topological polar surface area (TPSA) is 91.8 Å². The van der Waals surface area contributed by atoms with Gasteiger partial charge in [0.2, 0.25) is 0 Å². The van der Waals surface area contributed by atoms with Crippen LogP contribution in [0, 0.1) is 11.3 Å². The van der Waals surface area contributed by atoms with Gasteiger partial charge in [0.1, 0.15) is 12.2 Å². The maximum atomic E-state index is 11.2. The van der Waals surface area contributed by atoms with Crippen molar-refractivity contribution >= 4 is 5.97 Å². The molecular weight excluding hydrogens is 268 g/mol. The molecule has 0 radical (unpaired) electrons. The molecule has 0 aliphatic rings. The van der Waals surface area contributed by atoms with E-state index in [0.29, 0.717) is 11.3 Å². The van der Waals surface area contributed by atoms with Crippen molar-refractivity contribution < 1.29 is 9.90 Å². The van der Waals surface area contributed by atoms with Crippen LogP contribution in [0.15, 0.2) is 24.3 Å². The highest BCUT2D eigenvalue weighted by atomic mass is 16.4. The molecule has 21 heavy (non-hydrogen) atoms. The van der Waals surface area contributed by atoms with Crippen molar-refractivity contribution in [1.82, 2.24) is 15.0 Å². The van der Waals surface area contributed by atoms with Crippen molar-refractivity contribution in [2.24, 2.45) is 0 Å². The Morgan fingerprint density at radius 1 is 1.33 bits per heavy atom. The van der Waals surface area contributed by atoms with Gasteiger partial charge in [-0.1, -0.05) is 50.3 Å². The monoisotopic (exact) mass is 284 g/mol. The molecule has 0 unspecified atom stereocenters. The van der Waals surface area contributed by atoms with Crippen LogP contribution in [0.1, 0.15) is 36.8 Å². The van der Waals surface area contributed by atoms with E-state index >= 15 is 0 Å². The van der Waals surface area contributed by atoms with E-state index in [1.165, 1.54) is 4.68 Å². The molecule has 2 aromatic rings. The van der Waals surface area contributed by atoms with Gasteiger partial charge in [-0.15, -0.1) is 5.10 Å². The van der Waals surface area contributed by atoms with Gasteiger partial charge in [-0.3, -0.25) is 0 Å². The minimum absolute atomic E-state index is 0.0132. The molecule has 0 saturated carbocycles. The number of aromatic carboxylic acids is 1. The fraction of sp³-hybridized carbons (Fsp3) is 0.333. The first kappa shape index (κ1) is 14.7. The van der Waals surface area contributed by atoms with Gasteiger partial charge in [-0.05, 0) is 11.0 Å². The van der Waals surface area contributed by atoms with Crippen LogP contribution in [-0.2, 0) is 12.0 Å². The van der Waals surface area contributed by atoms with Crippen molar-refractivity contribution in [1.29, 1.82) is 5.26 Å². The van der Waals surface area contributed by atoms with Crippen LogP contribution in [0.4, 0.5) is 0 Å². The van der Waals surface area contributed by atoms with Crippen LogP contribution in [-0.4, -0.2) is 26.1 Å². The molecule has 1 aromatic heterocycles. The summed E-state index contributed by atoms with van der Waals surface area (Å²) in [4.78, 5) is 11.2. The summed E-state index contributed by atoms with van der Waals surface area (Å²) in [5, 5.41) is 25.4. The Morgan fingerprint density at radius 3 is 2.43 bits per heavy atom. The number of hydrogen-bond acceptors (Lipinski definition) is 4. The third-order valence-electron chi connectivity index (χ3n) is 3.18. The molecule has 6 nitrogen and oxygen atoms in total. The van der Waals surface area contributed by atoms with Crippen LogP contribution in [0.2, 0.25) is 0 Å². The maximum absolute atomic E-state index is 11.2. The molecule has 0 spiro atoms. The summed E-state index contributed by atoms with van der Waals surface area (Å²) in [6, 6.07) is 9.51. The van der Waals surface area contributed by atoms with E-state index in [-0.39, 0.29) is 17.7 Å². The van der Waals surface area contributed by atoms with Crippen LogP contribution in [0.5, 0.6) is 0 Å². The molecule has 0 bridgehead atoms. The van der Waals surface area contributed by atoms with Crippen molar-refractivity contribution in [3.63, 3.8) is 0 Å². The van der Waals surface area contributed by atoms with Gasteiger partial charge < -0.3 is 5.11 Å². The van der Waals surface area contributed by atoms with Gasteiger partial charge in [0, 0.05) is 5.56 Å². The summed E-state index contributed by atoms with van der Waals surface area (Å²) in [6.07, 6.45) is 0. The number of nitrogens with zero attached hydrogens (tertiary/aromatic N) is 4. The fourth-order valence-electron chi connectivity index (χ4n) is 2.05. The highest BCUT2D eigenvalue weighted by molar-refractivity contribution is 5.92. The SMILES string of the molecule is CC(C)(C)c1ccc(-c2c(C(=O)O)nnn2CC#N)cc1. The lowest BCUT2D eigenvalue weighted by Crippen LogP contribution is -2.11. The van der Waals surface area contributed by atoms with E-state index in [4.69, 9.17) is 5.26 Å². The number of hydrogen-bond donors (Lipinski definition) is 1. The van der Waals surface area contributed by atoms with Crippen LogP contribution in [0.3, 0.4) is 0 Å². The smallest absolute Gasteiger partial charge is 0.358 e. The number of nitriles is 1. The lowest BCUT2D eigenvalue weighted by Gasteiger charge is -2.19. The van der Waals surface area contributed by atoms with Gasteiger partial charge in [0.25, 0.3) is 0 Å². The van der Waals surface area contributed by atoms with Crippen molar-refractivity contribution in [2.75, 3.05) is 0 Å². The van der Waals surface area contributed by atoms with E-state index in [2.05, 4.69) is 31.1 Å². The van der Waals surface area contributed by atoms with Crippen molar-refractivity contribution in [2.45, 2.75) is 32.7 Å². The zero-order chi connectivity index (χ0) is 15.6. The molecule has 0 saturated heterocycles. The molecule has 0 amide bonds. The van der Waals surface area contributed by atoms with Gasteiger partial charge in [-0.25, -0.2) is 9.48 Å². The second-order valence-electron chi connectivity index (χ2n) is 5.73. The van der Waals surface area contributed by atoms with E-state index in [0.717, 1.165) is 5.56 Å². The van der Waals surface area contributed by atoms with Gasteiger partial charge in [0.05, 0.1) is 6.07 Å². The Kier molecular flexibility index (Phi) is 3.76. The zero-order valence-corrected chi connectivity index (χ0v) is 12.2. The second kappa shape index (κ2) is 5.37. The zero-order valence-electron chi connectivity index (χ0n) is 12.2. The quantitative estimate of drug-likeness (QED) is 0.934. The third-order valence-corrected chi connectivity index (χ3v) is 3.18. The lowest BCUT2D eigenvalue weighted by molar-refractivity contribution is 0.0691. The maximum Gasteiger partial charge on any atom is 0.358 e. The second-order valence-corrected chi connectivity index (χ2v) is 5.73. The molecule has 6 heteroatoms. The van der Waals surface area contributed by atoms with E-state index in [1.807, 2.05) is 30.3 Å². The molecule has 2 rings (SSSR count). The number of aromatic nitrogens is 3. The molecule has 0 aliphatic carbocycles. The van der Waals surface area contributed by atoms with Crippen LogP contribution >= 0.6 is 0 Å². The van der Waals surface area contributed by atoms with Gasteiger partial charge in [0.15, 0.2) is 5.69 Å². The normalized spacial score (nSPS) is 11.1. The number of benzene rings is 1. The molecule has 1 N–H and O–H groups in total. The highest BCUT2D eigenvalue weighted by Crippen LogP contribution is 2.27. The Hall–Kier alpha value is -2.68. The fourth-order valence-corrected chi connectivity index (χ4v) is 2.05. The summed E-state index contributed by atoms with van der Waals surface area (Å²) in [5.74, 6) is -1.16. The molecule has 108 valence electrons. The molecular formula is C15H16N4O2. The van der Waals surface area contributed by atoms with Crippen molar-refractivity contribution in [3.8, 4) is 17.3 Å². The predicted molar refractivity (Wildman–Crippen MR) is 76.7 cm³/mol. The minimum Gasteiger partial charge on any atom is -0.476 e.